The average Bonchev–Trinajstić information content (AvgIpc) is 3.36. The highest BCUT2D eigenvalue weighted by atomic mass is 16.5. The van der Waals surface area contributed by atoms with E-state index in [0.29, 0.717) is 44.3 Å². The molecule has 2 N–H and O–H groups in total. The van der Waals surface area contributed by atoms with Gasteiger partial charge in [-0.1, -0.05) is 227 Å². The van der Waals surface area contributed by atoms with Crippen LogP contribution in [0, 0.1) is 11.8 Å². The van der Waals surface area contributed by atoms with E-state index < -0.39 is 0 Å². The summed E-state index contributed by atoms with van der Waals surface area (Å²) >= 11 is 0. The van der Waals surface area contributed by atoms with Gasteiger partial charge in [0.05, 0.1) is 13.2 Å². The highest BCUT2D eigenvalue weighted by Crippen LogP contribution is 2.22. The maximum Gasteiger partial charge on any atom is 0.305 e. The molecule has 2 atom stereocenters. The first-order valence-electron chi connectivity index (χ1n) is 31.4. The lowest BCUT2D eigenvalue weighted by atomic mass is 9.95. The van der Waals surface area contributed by atoms with Gasteiger partial charge in [0.2, 0.25) is 5.91 Å². The molecule has 70 heavy (non-hydrogen) atoms. The van der Waals surface area contributed by atoms with Crippen LogP contribution in [0.5, 0.6) is 0 Å². The van der Waals surface area contributed by atoms with Gasteiger partial charge in [-0.05, 0) is 102 Å². The summed E-state index contributed by atoms with van der Waals surface area (Å²) in [6.07, 6.45) is 52.0. The minimum Gasteiger partial charge on any atom is -0.465 e. The standard InChI is InChI=1S/C62H123N3O5/c1-6-11-16-21-26-34-45-58(43-32-19-14-9-4)56-69-61(67)48-37-28-23-30-41-53-65(55-52-63-50-39-40-51-64-60(66)47-36-25-18-13-8-3)54-42-31-24-29-38-49-62(68)70-57-59(44-33-20-15-10-5)46-35-27-22-17-12-7-2/h58-59,63H,6-57H2,1-5H3,(H,64,66). The zero-order valence-electron chi connectivity index (χ0n) is 47.9. The van der Waals surface area contributed by atoms with E-state index in [1.54, 1.807) is 0 Å². The van der Waals surface area contributed by atoms with Gasteiger partial charge in [-0.15, -0.1) is 0 Å². The summed E-state index contributed by atoms with van der Waals surface area (Å²) < 4.78 is 11.7. The van der Waals surface area contributed by atoms with Crippen molar-refractivity contribution in [1.82, 2.24) is 15.5 Å². The average molecular weight is 991 g/mol. The van der Waals surface area contributed by atoms with Crippen molar-refractivity contribution < 1.29 is 23.9 Å². The van der Waals surface area contributed by atoms with Gasteiger partial charge in [-0.3, -0.25) is 14.4 Å². The molecule has 0 spiro atoms. The first-order valence-corrected chi connectivity index (χ1v) is 31.4. The highest BCUT2D eigenvalue weighted by Gasteiger charge is 2.14. The molecular formula is C62H123N3O5. The van der Waals surface area contributed by atoms with Crippen LogP contribution in [0.1, 0.15) is 317 Å². The predicted octanol–water partition coefficient (Wildman–Crippen LogP) is 17.6. The fourth-order valence-corrected chi connectivity index (χ4v) is 9.88. The zero-order valence-corrected chi connectivity index (χ0v) is 47.9. The van der Waals surface area contributed by atoms with Gasteiger partial charge < -0.3 is 25.0 Å². The molecule has 1 amide bonds. The lowest BCUT2D eigenvalue weighted by Crippen LogP contribution is -2.34. The molecule has 0 bridgehead atoms. The summed E-state index contributed by atoms with van der Waals surface area (Å²) in [5.74, 6) is 1.29. The summed E-state index contributed by atoms with van der Waals surface area (Å²) in [6, 6.07) is 0. The summed E-state index contributed by atoms with van der Waals surface area (Å²) in [4.78, 5) is 40.3. The number of hydrogen-bond acceptors (Lipinski definition) is 7. The van der Waals surface area contributed by atoms with Crippen molar-refractivity contribution in [3.05, 3.63) is 0 Å². The maximum atomic E-state index is 12.7. The van der Waals surface area contributed by atoms with Crippen molar-refractivity contribution in [2.75, 3.05) is 52.5 Å². The molecule has 0 saturated heterocycles. The Labute approximate surface area is 437 Å². The summed E-state index contributed by atoms with van der Waals surface area (Å²) in [6.45, 7) is 18.6. The molecule has 8 heteroatoms. The lowest BCUT2D eigenvalue weighted by molar-refractivity contribution is -0.146. The third-order valence-corrected chi connectivity index (χ3v) is 14.7. The lowest BCUT2D eigenvalue weighted by Gasteiger charge is -2.22. The van der Waals surface area contributed by atoms with Crippen LogP contribution < -0.4 is 10.6 Å². The third-order valence-electron chi connectivity index (χ3n) is 14.7. The molecule has 8 nitrogen and oxygen atoms in total. The molecule has 0 aliphatic carbocycles. The Morgan fingerprint density at radius 1 is 0.343 bits per heavy atom. The van der Waals surface area contributed by atoms with Crippen molar-refractivity contribution in [3.8, 4) is 0 Å². The van der Waals surface area contributed by atoms with E-state index in [0.717, 1.165) is 90.6 Å². The number of nitrogens with one attached hydrogen (secondary N) is 2. The van der Waals surface area contributed by atoms with Crippen molar-refractivity contribution in [2.45, 2.75) is 317 Å². The van der Waals surface area contributed by atoms with E-state index in [2.05, 4.69) is 50.2 Å². The number of unbranched alkanes of at least 4 members (excludes halogenated alkanes) is 29. The number of carbonyl (C=O) groups excluding carboxylic acids is 3. The van der Waals surface area contributed by atoms with E-state index in [1.807, 2.05) is 0 Å². The van der Waals surface area contributed by atoms with Crippen molar-refractivity contribution in [3.63, 3.8) is 0 Å². The second-order valence-corrected chi connectivity index (χ2v) is 21.8. The number of amides is 1. The summed E-state index contributed by atoms with van der Waals surface area (Å²) in [5, 5.41) is 6.79. The largest absolute Gasteiger partial charge is 0.465 e. The molecule has 0 aromatic heterocycles. The first-order chi connectivity index (χ1) is 34.4. The van der Waals surface area contributed by atoms with Gasteiger partial charge in [0, 0.05) is 38.9 Å². The Kier molecular flexibility index (Phi) is 55.3. The molecule has 0 aromatic rings. The molecular weight excluding hydrogens is 867 g/mol. The van der Waals surface area contributed by atoms with E-state index in [9.17, 15) is 14.4 Å². The molecule has 0 aromatic carbocycles. The van der Waals surface area contributed by atoms with Crippen LogP contribution in [0.25, 0.3) is 0 Å². The normalized spacial score (nSPS) is 12.4. The second kappa shape index (κ2) is 56.6. The molecule has 0 radical (unpaired) electrons. The highest BCUT2D eigenvalue weighted by molar-refractivity contribution is 5.75. The van der Waals surface area contributed by atoms with Gasteiger partial charge in [0.25, 0.3) is 0 Å². The van der Waals surface area contributed by atoms with Crippen LogP contribution in [0.4, 0.5) is 0 Å². The minimum atomic E-state index is 0.00810. The van der Waals surface area contributed by atoms with Gasteiger partial charge in [-0.2, -0.15) is 0 Å². The quantitative estimate of drug-likeness (QED) is 0.0463. The Morgan fingerprint density at radius 3 is 1.09 bits per heavy atom. The number of hydrogen-bond donors (Lipinski definition) is 2. The molecule has 0 rings (SSSR count). The third kappa shape index (κ3) is 51.2. The van der Waals surface area contributed by atoms with Crippen molar-refractivity contribution in [1.29, 1.82) is 0 Å². The van der Waals surface area contributed by atoms with Crippen molar-refractivity contribution >= 4 is 17.8 Å². The van der Waals surface area contributed by atoms with E-state index >= 15 is 0 Å². The zero-order chi connectivity index (χ0) is 51.1. The maximum absolute atomic E-state index is 12.7. The monoisotopic (exact) mass is 990 g/mol. The Hall–Kier alpha value is -1.67. The molecule has 416 valence electrons. The predicted molar refractivity (Wildman–Crippen MR) is 303 cm³/mol. The molecule has 0 saturated carbocycles. The van der Waals surface area contributed by atoms with Gasteiger partial charge >= 0.3 is 11.9 Å². The minimum absolute atomic E-state index is 0.00810. The van der Waals surface area contributed by atoms with Crippen LogP contribution in [-0.4, -0.2) is 75.2 Å². The van der Waals surface area contributed by atoms with Crippen LogP contribution in [-0.2, 0) is 23.9 Å². The molecule has 0 fully saturated rings. The molecule has 0 aliphatic heterocycles. The smallest absolute Gasteiger partial charge is 0.305 e. The van der Waals surface area contributed by atoms with Gasteiger partial charge in [-0.25, -0.2) is 0 Å². The summed E-state index contributed by atoms with van der Waals surface area (Å²) in [5.41, 5.74) is 0. The molecule has 2 unspecified atom stereocenters. The topological polar surface area (TPSA) is 97.0 Å². The first kappa shape index (κ1) is 68.3. The number of nitrogens with zero attached hydrogens (tertiary/aromatic N) is 1. The number of ether oxygens (including phenoxy) is 2. The number of carbonyl (C=O) groups is 3. The van der Waals surface area contributed by atoms with Crippen LogP contribution in [0.3, 0.4) is 0 Å². The van der Waals surface area contributed by atoms with Gasteiger partial charge in [0.15, 0.2) is 0 Å². The van der Waals surface area contributed by atoms with E-state index in [1.165, 1.54) is 212 Å². The van der Waals surface area contributed by atoms with Crippen LogP contribution >= 0.6 is 0 Å². The fraction of sp³-hybridized carbons (Fsp3) is 0.952. The number of rotatable bonds is 58. The fourth-order valence-electron chi connectivity index (χ4n) is 9.88. The Morgan fingerprint density at radius 2 is 0.671 bits per heavy atom. The SMILES string of the molecule is CCCCCCCCC(CCCCCC)COC(=O)CCCCCCCN(CCCCCCCC(=O)OCC(CCCCCC)CCCCCCCC)CCNCCCCNC(=O)CCCCCCC. The van der Waals surface area contributed by atoms with E-state index in [4.69, 9.17) is 9.47 Å². The van der Waals surface area contributed by atoms with Crippen molar-refractivity contribution in [2.24, 2.45) is 11.8 Å². The van der Waals surface area contributed by atoms with Crippen LogP contribution in [0.2, 0.25) is 0 Å². The molecule has 0 aliphatic rings. The van der Waals surface area contributed by atoms with E-state index in [-0.39, 0.29) is 17.8 Å². The van der Waals surface area contributed by atoms with Gasteiger partial charge in [0.1, 0.15) is 0 Å². The van der Waals surface area contributed by atoms with Crippen LogP contribution in [0.15, 0.2) is 0 Å². The Balaban J connectivity index is 4.65. The number of esters is 2. The summed E-state index contributed by atoms with van der Waals surface area (Å²) in [7, 11) is 0. The second-order valence-electron chi connectivity index (χ2n) is 21.8. The molecule has 0 heterocycles. The Bertz CT molecular complexity index is 1030.